The summed E-state index contributed by atoms with van der Waals surface area (Å²) in [5.74, 6) is 0.729. The highest BCUT2D eigenvalue weighted by molar-refractivity contribution is 6.33. The summed E-state index contributed by atoms with van der Waals surface area (Å²) in [5, 5.41) is 5.43. The summed E-state index contributed by atoms with van der Waals surface area (Å²) < 4.78 is 7.36. The Morgan fingerprint density at radius 3 is 3.00 bits per heavy atom. The van der Waals surface area contributed by atoms with Crippen LogP contribution < -0.4 is 0 Å². The minimum Gasteiger partial charge on any atom is -0.376 e. The van der Waals surface area contributed by atoms with E-state index in [0.717, 1.165) is 30.0 Å². The molecule has 2 unspecified atom stereocenters. The first-order chi connectivity index (χ1) is 9.54. The van der Waals surface area contributed by atoms with Crippen LogP contribution in [0.4, 0.5) is 0 Å². The predicted molar refractivity (Wildman–Crippen MR) is 76.6 cm³/mol. The molecule has 20 heavy (non-hydrogen) atoms. The van der Waals surface area contributed by atoms with E-state index >= 15 is 0 Å². The Kier molecular flexibility index (Phi) is 3.62. The Morgan fingerprint density at radius 2 is 2.20 bits per heavy atom. The van der Waals surface area contributed by atoms with Crippen LogP contribution in [0.5, 0.6) is 0 Å². The third-order valence-electron chi connectivity index (χ3n) is 3.67. The van der Waals surface area contributed by atoms with Gasteiger partial charge in [-0.25, -0.2) is 9.97 Å². The Balaban J connectivity index is 1.88. The van der Waals surface area contributed by atoms with Crippen molar-refractivity contribution >= 4 is 22.6 Å². The van der Waals surface area contributed by atoms with Gasteiger partial charge in [0.25, 0.3) is 0 Å². The van der Waals surface area contributed by atoms with Crippen LogP contribution >= 0.6 is 11.6 Å². The number of fused-ring (bicyclic) bond motifs is 1. The molecule has 108 valence electrons. The van der Waals surface area contributed by atoms with E-state index < -0.39 is 0 Å². The van der Waals surface area contributed by atoms with E-state index in [1.165, 1.54) is 0 Å². The molecule has 1 aliphatic heterocycles. The van der Waals surface area contributed by atoms with Crippen molar-refractivity contribution in [1.29, 1.82) is 0 Å². The van der Waals surface area contributed by atoms with Crippen molar-refractivity contribution < 1.29 is 4.74 Å². The normalized spacial score (nSPS) is 24.4. The lowest BCUT2D eigenvalue weighted by atomic mass is 10.2. The summed E-state index contributed by atoms with van der Waals surface area (Å²) in [6.45, 7) is 6.53. The first-order valence-electron chi connectivity index (χ1n) is 6.74. The maximum absolute atomic E-state index is 6.21. The number of morpholine rings is 1. The molecule has 7 heteroatoms. The SMILES string of the molecule is CC1CN(Cc2nc(Cl)c3cnn(C)c3n2)C(C)CO1. The topological polar surface area (TPSA) is 56.1 Å². The van der Waals surface area contributed by atoms with Gasteiger partial charge in [-0.3, -0.25) is 9.58 Å². The fraction of sp³-hybridized carbons (Fsp3) is 0.615. The number of rotatable bonds is 2. The molecule has 0 amide bonds. The quantitative estimate of drug-likeness (QED) is 0.788. The lowest BCUT2D eigenvalue weighted by molar-refractivity contribution is -0.0534. The average Bonchev–Trinajstić information content (AvgIpc) is 2.77. The highest BCUT2D eigenvalue weighted by atomic mass is 35.5. The highest BCUT2D eigenvalue weighted by Gasteiger charge is 2.24. The molecular formula is C13H18ClN5O. The number of ether oxygens (including phenoxy) is 1. The molecule has 0 saturated carbocycles. The van der Waals surface area contributed by atoms with Crippen LogP contribution in [0.25, 0.3) is 11.0 Å². The average molecular weight is 296 g/mol. The molecule has 1 fully saturated rings. The maximum atomic E-state index is 6.21. The van der Waals surface area contributed by atoms with Crippen LogP contribution in [0.1, 0.15) is 19.7 Å². The van der Waals surface area contributed by atoms with Crippen LogP contribution in [0.3, 0.4) is 0 Å². The zero-order valence-electron chi connectivity index (χ0n) is 11.9. The zero-order chi connectivity index (χ0) is 14.3. The maximum Gasteiger partial charge on any atom is 0.162 e. The molecule has 0 radical (unpaired) electrons. The third-order valence-corrected chi connectivity index (χ3v) is 3.96. The first kappa shape index (κ1) is 13.7. The molecule has 0 bridgehead atoms. The van der Waals surface area contributed by atoms with Crippen molar-refractivity contribution in [3.8, 4) is 0 Å². The molecule has 2 aromatic rings. The molecule has 0 N–H and O–H groups in total. The van der Waals surface area contributed by atoms with Crippen molar-refractivity contribution in [2.75, 3.05) is 13.2 Å². The molecule has 1 saturated heterocycles. The summed E-state index contributed by atoms with van der Waals surface area (Å²) in [7, 11) is 1.86. The third kappa shape index (κ3) is 2.51. The van der Waals surface area contributed by atoms with Gasteiger partial charge in [-0.1, -0.05) is 11.6 Å². The van der Waals surface area contributed by atoms with Crippen LogP contribution in [-0.4, -0.2) is 49.9 Å². The second kappa shape index (κ2) is 5.27. The van der Waals surface area contributed by atoms with Gasteiger partial charge in [-0.2, -0.15) is 5.10 Å². The van der Waals surface area contributed by atoms with E-state index in [2.05, 4.69) is 33.8 Å². The molecule has 6 nitrogen and oxygen atoms in total. The zero-order valence-corrected chi connectivity index (χ0v) is 12.6. The van der Waals surface area contributed by atoms with Crippen molar-refractivity contribution in [2.24, 2.45) is 7.05 Å². The largest absolute Gasteiger partial charge is 0.376 e. The summed E-state index contributed by atoms with van der Waals surface area (Å²) >= 11 is 6.21. The molecular weight excluding hydrogens is 278 g/mol. The van der Waals surface area contributed by atoms with E-state index in [-0.39, 0.29) is 6.10 Å². The van der Waals surface area contributed by atoms with Gasteiger partial charge in [0, 0.05) is 19.6 Å². The van der Waals surface area contributed by atoms with Crippen LogP contribution in [0.2, 0.25) is 5.15 Å². The van der Waals surface area contributed by atoms with E-state index in [9.17, 15) is 0 Å². The van der Waals surface area contributed by atoms with Crippen LogP contribution in [0.15, 0.2) is 6.20 Å². The van der Waals surface area contributed by atoms with Gasteiger partial charge in [0.2, 0.25) is 0 Å². The van der Waals surface area contributed by atoms with Crippen molar-refractivity contribution in [3.05, 3.63) is 17.2 Å². The summed E-state index contributed by atoms with van der Waals surface area (Å²) in [6.07, 6.45) is 1.93. The number of halogens is 1. The van der Waals surface area contributed by atoms with E-state index in [0.29, 0.717) is 17.7 Å². The highest BCUT2D eigenvalue weighted by Crippen LogP contribution is 2.21. The fourth-order valence-corrected chi connectivity index (χ4v) is 2.71. The van der Waals surface area contributed by atoms with Gasteiger partial charge in [0.05, 0.1) is 30.8 Å². The molecule has 0 spiro atoms. The Morgan fingerprint density at radius 1 is 1.40 bits per heavy atom. The molecule has 3 heterocycles. The lowest BCUT2D eigenvalue weighted by Crippen LogP contribution is -2.46. The van der Waals surface area contributed by atoms with Gasteiger partial charge < -0.3 is 4.74 Å². The minimum absolute atomic E-state index is 0.238. The van der Waals surface area contributed by atoms with Gasteiger partial charge in [-0.05, 0) is 13.8 Å². The number of hydrogen-bond acceptors (Lipinski definition) is 5. The predicted octanol–water partition coefficient (Wildman–Crippen LogP) is 1.63. The molecule has 2 aromatic heterocycles. The van der Waals surface area contributed by atoms with Crippen LogP contribution in [0, 0.1) is 0 Å². The standard InChI is InChI=1S/C13H18ClN5O/c1-8-7-20-9(2)5-19(8)6-11-16-12(14)10-4-15-18(3)13(10)17-11/h4,8-9H,5-7H2,1-3H3. The summed E-state index contributed by atoms with van der Waals surface area (Å²) in [4.78, 5) is 11.3. The smallest absolute Gasteiger partial charge is 0.162 e. The first-order valence-corrected chi connectivity index (χ1v) is 7.12. The van der Waals surface area contributed by atoms with E-state index in [1.807, 2.05) is 7.05 Å². The van der Waals surface area contributed by atoms with Crippen molar-refractivity contribution in [1.82, 2.24) is 24.6 Å². The lowest BCUT2D eigenvalue weighted by Gasteiger charge is -2.36. The monoisotopic (exact) mass is 295 g/mol. The number of hydrogen-bond donors (Lipinski definition) is 0. The van der Waals surface area contributed by atoms with Crippen molar-refractivity contribution in [3.63, 3.8) is 0 Å². The van der Waals surface area contributed by atoms with Gasteiger partial charge >= 0.3 is 0 Å². The molecule has 3 rings (SSSR count). The molecule has 2 atom stereocenters. The fourth-order valence-electron chi connectivity index (χ4n) is 2.47. The summed E-state index contributed by atoms with van der Waals surface area (Å²) in [6, 6.07) is 0.357. The number of aromatic nitrogens is 4. The second-order valence-corrected chi connectivity index (χ2v) is 5.72. The molecule has 0 aliphatic carbocycles. The van der Waals surface area contributed by atoms with Gasteiger partial charge in [0.15, 0.2) is 5.65 Å². The second-order valence-electron chi connectivity index (χ2n) is 5.36. The van der Waals surface area contributed by atoms with E-state index in [4.69, 9.17) is 16.3 Å². The Labute approximate surface area is 122 Å². The van der Waals surface area contributed by atoms with Crippen molar-refractivity contribution in [2.45, 2.75) is 32.5 Å². The van der Waals surface area contributed by atoms with E-state index in [1.54, 1.807) is 10.9 Å². The Hall–Kier alpha value is -1.24. The number of nitrogens with zero attached hydrogens (tertiary/aromatic N) is 5. The summed E-state index contributed by atoms with van der Waals surface area (Å²) in [5.41, 5.74) is 0.772. The molecule has 1 aliphatic rings. The van der Waals surface area contributed by atoms with Gasteiger partial charge in [-0.15, -0.1) is 0 Å². The van der Waals surface area contributed by atoms with Gasteiger partial charge in [0.1, 0.15) is 11.0 Å². The Bertz CT molecular complexity index is 628. The number of aryl methyl sites for hydroxylation is 1. The minimum atomic E-state index is 0.238. The van der Waals surface area contributed by atoms with Crippen LogP contribution in [-0.2, 0) is 18.3 Å². The molecule has 0 aromatic carbocycles.